The maximum atomic E-state index is 10.2. The Hall–Kier alpha value is -2.11. The quantitative estimate of drug-likeness (QED) is 0.760. The fourth-order valence-electron chi connectivity index (χ4n) is 3.26. The van der Waals surface area contributed by atoms with Gasteiger partial charge >= 0.3 is 0 Å². The van der Waals surface area contributed by atoms with Gasteiger partial charge in [0.15, 0.2) is 5.65 Å². The predicted octanol–water partition coefficient (Wildman–Crippen LogP) is 4.12. The lowest BCUT2D eigenvalue weighted by molar-refractivity contribution is 0.0664. The summed E-state index contributed by atoms with van der Waals surface area (Å²) in [6.45, 7) is 3.46. The van der Waals surface area contributed by atoms with Crippen molar-refractivity contribution in [3.05, 3.63) is 41.0 Å². The molecule has 3 heterocycles. The van der Waals surface area contributed by atoms with Crippen LogP contribution in [0.1, 0.15) is 24.4 Å². The number of aromatic nitrogens is 3. The fourth-order valence-corrected chi connectivity index (χ4v) is 3.52. The highest BCUT2D eigenvalue weighted by molar-refractivity contribution is 6.31. The maximum absolute atomic E-state index is 10.2. The van der Waals surface area contributed by atoms with E-state index in [0.717, 1.165) is 37.0 Å². The Balaban J connectivity index is 1.76. The maximum Gasteiger partial charge on any atom is 0.181 e. The van der Waals surface area contributed by atoms with E-state index in [-0.39, 0.29) is 5.75 Å². The van der Waals surface area contributed by atoms with E-state index in [1.54, 1.807) is 0 Å². The van der Waals surface area contributed by atoms with Crippen molar-refractivity contribution in [2.24, 2.45) is 0 Å². The summed E-state index contributed by atoms with van der Waals surface area (Å²) in [5.74, 6) is 0.135. The second-order valence-electron chi connectivity index (χ2n) is 6.18. The third-order valence-corrected chi connectivity index (χ3v) is 4.71. The number of halogens is 1. The molecular weight excluding hydrogens is 326 g/mol. The van der Waals surface area contributed by atoms with E-state index in [0.29, 0.717) is 28.0 Å². The Morgan fingerprint density at radius 2 is 2.04 bits per heavy atom. The van der Waals surface area contributed by atoms with Crippen LogP contribution in [0.15, 0.2) is 30.5 Å². The number of aromatic hydroxyl groups is 1. The van der Waals surface area contributed by atoms with Gasteiger partial charge in [-0.3, -0.25) is 4.68 Å². The van der Waals surface area contributed by atoms with Gasteiger partial charge in [0.25, 0.3) is 0 Å². The van der Waals surface area contributed by atoms with Gasteiger partial charge in [0.1, 0.15) is 5.75 Å². The van der Waals surface area contributed by atoms with Crippen LogP contribution in [-0.2, 0) is 4.74 Å². The molecule has 124 valence electrons. The number of ether oxygens (including phenoxy) is 1. The summed E-state index contributed by atoms with van der Waals surface area (Å²) in [5.41, 5.74) is 2.97. The SMILES string of the molecule is Cc1cc(Cl)cc(O)c1-c1ccc2cn(C3CCOCC3)nc2n1. The highest BCUT2D eigenvalue weighted by Gasteiger charge is 2.18. The van der Waals surface area contributed by atoms with Crippen LogP contribution in [0.25, 0.3) is 22.3 Å². The molecule has 6 heteroatoms. The second-order valence-corrected chi connectivity index (χ2v) is 6.62. The number of aryl methyl sites for hydroxylation is 1. The van der Waals surface area contributed by atoms with Crippen LogP contribution in [0, 0.1) is 6.92 Å². The molecule has 0 radical (unpaired) electrons. The average Bonchev–Trinajstić information content (AvgIpc) is 2.98. The number of pyridine rings is 1. The van der Waals surface area contributed by atoms with E-state index in [4.69, 9.17) is 16.3 Å². The van der Waals surface area contributed by atoms with Crippen molar-refractivity contribution in [1.29, 1.82) is 0 Å². The predicted molar refractivity (Wildman–Crippen MR) is 93.5 cm³/mol. The van der Waals surface area contributed by atoms with E-state index < -0.39 is 0 Å². The van der Waals surface area contributed by atoms with Crippen molar-refractivity contribution < 1.29 is 9.84 Å². The molecule has 24 heavy (non-hydrogen) atoms. The zero-order valence-electron chi connectivity index (χ0n) is 13.4. The summed E-state index contributed by atoms with van der Waals surface area (Å²) in [5, 5.41) is 16.4. The summed E-state index contributed by atoms with van der Waals surface area (Å²) in [6.07, 6.45) is 3.98. The highest BCUT2D eigenvalue weighted by atomic mass is 35.5. The number of hydrogen-bond donors (Lipinski definition) is 1. The third-order valence-electron chi connectivity index (χ3n) is 4.49. The van der Waals surface area contributed by atoms with Gasteiger partial charge in [-0.15, -0.1) is 0 Å². The van der Waals surface area contributed by atoms with E-state index in [1.807, 2.05) is 36.0 Å². The van der Waals surface area contributed by atoms with Crippen LogP contribution in [-0.4, -0.2) is 33.1 Å². The Labute approximate surface area is 144 Å². The molecule has 1 aliphatic heterocycles. The molecular formula is C18H18ClN3O2. The normalized spacial score (nSPS) is 15.9. The first kappa shape index (κ1) is 15.4. The second kappa shape index (κ2) is 6.07. The average molecular weight is 344 g/mol. The minimum absolute atomic E-state index is 0.135. The Morgan fingerprint density at radius 1 is 1.25 bits per heavy atom. The Bertz CT molecular complexity index is 877. The lowest BCUT2D eigenvalue weighted by Crippen LogP contribution is -2.19. The molecule has 1 aliphatic rings. The van der Waals surface area contributed by atoms with Gasteiger partial charge in [0, 0.05) is 35.4 Å². The molecule has 0 unspecified atom stereocenters. The number of phenols is 1. The van der Waals surface area contributed by atoms with Crippen LogP contribution < -0.4 is 0 Å². The number of nitrogens with zero attached hydrogens (tertiary/aromatic N) is 3. The fraction of sp³-hybridized carbons (Fsp3) is 0.333. The van der Waals surface area contributed by atoms with E-state index in [1.165, 1.54) is 6.07 Å². The largest absolute Gasteiger partial charge is 0.507 e. The number of hydrogen-bond acceptors (Lipinski definition) is 4. The smallest absolute Gasteiger partial charge is 0.181 e. The first-order chi connectivity index (χ1) is 11.6. The van der Waals surface area contributed by atoms with Crippen molar-refractivity contribution >= 4 is 22.6 Å². The van der Waals surface area contributed by atoms with Gasteiger partial charge in [-0.2, -0.15) is 5.10 Å². The minimum atomic E-state index is 0.135. The Morgan fingerprint density at radius 3 is 2.79 bits per heavy atom. The number of fused-ring (bicyclic) bond motifs is 1. The third kappa shape index (κ3) is 2.74. The summed E-state index contributed by atoms with van der Waals surface area (Å²) in [7, 11) is 0. The molecule has 0 spiro atoms. The summed E-state index contributed by atoms with van der Waals surface area (Å²) < 4.78 is 7.41. The van der Waals surface area contributed by atoms with Crippen LogP contribution in [0.2, 0.25) is 5.02 Å². The monoisotopic (exact) mass is 343 g/mol. The van der Waals surface area contributed by atoms with Crippen molar-refractivity contribution in [1.82, 2.24) is 14.8 Å². The van der Waals surface area contributed by atoms with Crippen molar-refractivity contribution in [2.75, 3.05) is 13.2 Å². The van der Waals surface area contributed by atoms with Crippen molar-refractivity contribution in [2.45, 2.75) is 25.8 Å². The molecule has 1 saturated heterocycles. The number of phenolic OH excluding ortho intramolecular Hbond substituents is 1. The molecule has 0 atom stereocenters. The van der Waals surface area contributed by atoms with E-state index >= 15 is 0 Å². The van der Waals surface area contributed by atoms with Gasteiger partial charge < -0.3 is 9.84 Å². The van der Waals surface area contributed by atoms with Crippen LogP contribution in [0.4, 0.5) is 0 Å². The van der Waals surface area contributed by atoms with E-state index in [2.05, 4.69) is 10.1 Å². The van der Waals surface area contributed by atoms with Crippen LogP contribution in [0.3, 0.4) is 0 Å². The minimum Gasteiger partial charge on any atom is -0.507 e. The molecule has 1 N–H and O–H groups in total. The molecule has 5 nitrogen and oxygen atoms in total. The molecule has 4 rings (SSSR count). The molecule has 1 aromatic carbocycles. The first-order valence-corrected chi connectivity index (χ1v) is 8.43. The number of benzene rings is 1. The topological polar surface area (TPSA) is 60.2 Å². The number of rotatable bonds is 2. The van der Waals surface area contributed by atoms with Gasteiger partial charge in [0.05, 0.1) is 11.7 Å². The summed E-state index contributed by atoms with van der Waals surface area (Å²) >= 11 is 5.99. The van der Waals surface area contributed by atoms with Gasteiger partial charge in [-0.25, -0.2) is 4.98 Å². The van der Waals surface area contributed by atoms with E-state index in [9.17, 15) is 5.11 Å². The summed E-state index contributed by atoms with van der Waals surface area (Å²) in [6, 6.07) is 7.63. The Kier molecular flexibility index (Phi) is 3.90. The highest BCUT2D eigenvalue weighted by Crippen LogP contribution is 2.34. The van der Waals surface area contributed by atoms with Gasteiger partial charge in [-0.1, -0.05) is 11.6 Å². The molecule has 0 bridgehead atoms. The van der Waals surface area contributed by atoms with Crippen molar-refractivity contribution in [3.63, 3.8) is 0 Å². The van der Waals surface area contributed by atoms with Gasteiger partial charge in [-0.05, 0) is 49.6 Å². The van der Waals surface area contributed by atoms with Crippen molar-refractivity contribution in [3.8, 4) is 17.0 Å². The molecule has 3 aromatic rings. The molecule has 0 saturated carbocycles. The lowest BCUT2D eigenvalue weighted by atomic mass is 10.0. The van der Waals surface area contributed by atoms with Crippen LogP contribution in [0.5, 0.6) is 5.75 Å². The standard InChI is InChI=1S/C18H18ClN3O2/c1-11-8-13(19)9-16(23)17(11)15-3-2-12-10-22(21-18(12)20-15)14-4-6-24-7-5-14/h2-3,8-10,14,23H,4-7H2,1H3. The molecule has 0 aliphatic carbocycles. The molecule has 2 aromatic heterocycles. The zero-order chi connectivity index (χ0) is 16.7. The molecule has 1 fully saturated rings. The zero-order valence-corrected chi connectivity index (χ0v) is 14.1. The molecule has 0 amide bonds. The first-order valence-electron chi connectivity index (χ1n) is 8.05. The summed E-state index contributed by atoms with van der Waals surface area (Å²) in [4.78, 5) is 4.65. The van der Waals surface area contributed by atoms with Gasteiger partial charge in [0.2, 0.25) is 0 Å². The lowest BCUT2D eigenvalue weighted by Gasteiger charge is -2.21. The van der Waals surface area contributed by atoms with Crippen LogP contribution >= 0.6 is 11.6 Å².